The van der Waals surface area contributed by atoms with Gasteiger partial charge in [0.2, 0.25) is 0 Å². The number of nitrogens with zero attached hydrogens (tertiary/aromatic N) is 1. The Hall–Kier alpha value is -2.43. The second-order valence-electron chi connectivity index (χ2n) is 6.34. The van der Waals surface area contributed by atoms with Crippen molar-refractivity contribution in [3.05, 3.63) is 83.0 Å². The van der Waals surface area contributed by atoms with Gasteiger partial charge in [-0.25, -0.2) is 8.42 Å². The van der Waals surface area contributed by atoms with Crippen LogP contribution in [0.4, 0.5) is 0 Å². The third kappa shape index (κ3) is 3.06. The highest BCUT2D eigenvalue weighted by molar-refractivity contribution is 7.90. The molecule has 26 heavy (non-hydrogen) atoms. The Morgan fingerprint density at radius 1 is 0.885 bits per heavy atom. The average molecular weight is 382 g/mol. The lowest BCUT2D eigenvalue weighted by Crippen LogP contribution is -2.07. The van der Waals surface area contributed by atoms with Crippen molar-refractivity contribution < 1.29 is 8.42 Å². The highest BCUT2D eigenvalue weighted by Crippen LogP contribution is 2.30. The van der Waals surface area contributed by atoms with Crippen molar-refractivity contribution in [2.24, 2.45) is 0 Å². The minimum Gasteiger partial charge on any atom is -0.251 e. The molecule has 0 saturated carbocycles. The van der Waals surface area contributed by atoms with E-state index in [4.69, 9.17) is 11.6 Å². The number of pyridine rings is 1. The molecule has 0 saturated heterocycles. The fraction of sp³-hybridized carbons (Fsp3) is 0.0952. The molecular formula is C21H16ClNO2S. The van der Waals surface area contributed by atoms with Gasteiger partial charge in [0.15, 0.2) is 9.84 Å². The molecule has 0 N–H and O–H groups in total. The lowest BCUT2D eigenvalue weighted by molar-refractivity contribution is 0.595. The highest BCUT2D eigenvalue weighted by atomic mass is 35.5. The molecule has 3 nitrogen and oxygen atoms in total. The lowest BCUT2D eigenvalue weighted by atomic mass is 10.0. The minimum absolute atomic E-state index is 0.154. The van der Waals surface area contributed by atoms with Crippen LogP contribution in [0.5, 0.6) is 0 Å². The predicted molar refractivity (Wildman–Crippen MR) is 106 cm³/mol. The van der Waals surface area contributed by atoms with E-state index in [-0.39, 0.29) is 5.75 Å². The summed E-state index contributed by atoms with van der Waals surface area (Å²) in [6.07, 6.45) is 0. The quantitative estimate of drug-likeness (QED) is 0.451. The van der Waals surface area contributed by atoms with E-state index in [0.717, 1.165) is 21.7 Å². The lowest BCUT2D eigenvalue weighted by Gasteiger charge is -2.11. The predicted octanol–water partition coefficient (Wildman–Crippen LogP) is 5.32. The van der Waals surface area contributed by atoms with Crippen LogP contribution in [0.2, 0.25) is 5.02 Å². The van der Waals surface area contributed by atoms with E-state index in [1.165, 1.54) is 0 Å². The second-order valence-corrected chi connectivity index (χ2v) is 8.76. The van der Waals surface area contributed by atoms with Gasteiger partial charge >= 0.3 is 0 Å². The van der Waals surface area contributed by atoms with Gasteiger partial charge in [0.05, 0.1) is 21.9 Å². The normalized spacial score (nSPS) is 11.9. The summed E-state index contributed by atoms with van der Waals surface area (Å²) in [5, 5.41) is 3.36. The number of hydrogen-bond donors (Lipinski definition) is 0. The molecule has 0 amide bonds. The smallest absolute Gasteiger partial charge is 0.184 e. The minimum atomic E-state index is -3.50. The number of aromatic nitrogens is 1. The Bertz CT molecular complexity index is 1230. The summed E-state index contributed by atoms with van der Waals surface area (Å²) in [7, 11) is -3.50. The van der Waals surface area contributed by atoms with Crippen molar-refractivity contribution in [2.45, 2.75) is 17.6 Å². The molecule has 0 spiro atoms. The van der Waals surface area contributed by atoms with E-state index >= 15 is 0 Å². The van der Waals surface area contributed by atoms with Gasteiger partial charge in [-0.3, -0.25) is 4.98 Å². The Morgan fingerprint density at radius 2 is 1.58 bits per heavy atom. The molecule has 1 heterocycles. The van der Waals surface area contributed by atoms with Gasteiger partial charge < -0.3 is 0 Å². The standard InChI is InChI=1S/C21H16ClNO2S/c1-14-6-9-16(10-7-14)26(24,25)13-21-18-5-3-2-4-17(18)19-11-8-15(22)12-20(19)23-21/h2-12H,13H2,1H3. The van der Waals surface area contributed by atoms with Gasteiger partial charge in [0.1, 0.15) is 0 Å². The Morgan fingerprint density at radius 3 is 2.31 bits per heavy atom. The van der Waals surface area contributed by atoms with Crippen LogP contribution < -0.4 is 0 Å². The van der Waals surface area contributed by atoms with E-state index in [1.807, 2.05) is 43.3 Å². The van der Waals surface area contributed by atoms with Crippen molar-refractivity contribution in [3.63, 3.8) is 0 Å². The average Bonchev–Trinajstić information content (AvgIpc) is 2.61. The van der Waals surface area contributed by atoms with Crippen LogP contribution in [0.3, 0.4) is 0 Å². The van der Waals surface area contributed by atoms with Crippen molar-refractivity contribution in [1.29, 1.82) is 0 Å². The number of rotatable bonds is 3. The Kier molecular flexibility index (Phi) is 4.17. The largest absolute Gasteiger partial charge is 0.251 e. The number of sulfone groups is 1. The molecule has 0 aliphatic carbocycles. The molecule has 4 rings (SSSR count). The molecule has 130 valence electrons. The highest BCUT2D eigenvalue weighted by Gasteiger charge is 2.19. The topological polar surface area (TPSA) is 47.0 Å². The maximum atomic E-state index is 12.9. The van der Waals surface area contributed by atoms with Crippen molar-refractivity contribution in [2.75, 3.05) is 0 Å². The molecule has 0 fully saturated rings. The van der Waals surface area contributed by atoms with Crippen LogP contribution >= 0.6 is 11.6 Å². The maximum absolute atomic E-state index is 12.9. The molecule has 4 aromatic rings. The summed E-state index contributed by atoms with van der Waals surface area (Å²) >= 11 is 6.11. The van der Waals surface area contributed by atoms with Crippen LogP contribution in [0, 0.1) is 6.92 Å². The Labute approximate surface area is 157 Å². The third-order valence-electron chi connectivity index (χ3n) is 4.45. The molecular weight excluding hydrogens is 366 g/mol. The molecule has 0 atom stereocenters. The number of halogens is 1. The number of hydrogen-bond acceptors (Lipinski definition) is 3. The van der Waals surface area contributed by atoms with Crippen molar-refractivity contribution in [3.8, 4) is 0 Å². The zero-order chi connectivity index (χ0) is 18.3. The van der Waals surface area contributed by atoms with Crippen molar-refractivity contribution in [1.82, 2.24) is 4.98 Å². The fourth-order valence-electron chi connectivity index (χ4n) is 3.12. The van der Waals surface area contributed by atoms with Crippen LogP contribution in [0.15, 0.2) is 71.6 Å². The molecule has 0 radical (unpaired) electrons. The number of fused-ring (bicyclic) bond motifs is 3. The summed E-state index contributed by atoms with van der Waals surface area (Å²) in [6, 6.07) is 20.1. The second kappa shape index (κ2) is 6.38. The van der Waals surface area contributed by atoms with E-state index in [1.54, 1.807) is 30.3 Å². The summed E-state index contributed by atoms with van der Waals surface area (Å²) in [4.78, 5) is 4.93. The van der Waals surface area contributed by atoms with Crippen LogP contribution in [0.1, 0.15) is 11.3 Å². The summed E-state index contributed by atoms with van der Waals surface area (Å²) < 4.78 is 25.8. The number of benzene rings is 3. The number of aryl methyl sites for hydroxylation is 1. The van der Waals surface area contributed by atoms with E-state index < -0.39 is 9.84 Å². The van der Waals surface area contributed by atoms with Gasteiger partial charge in [-0.2, -0.15) is 0 Å². The molecule has 0 aliphatic rings. The summed E-state index contributed by atoms with van der Waals surface area (Å²) in [6.45, 7) is 1.93. The van der Waals surface area contributed by atoms with Crippen LogP contribution in [0.25, 0.3) is 21.7 Å². The summed E-state index contributed by atoms with van der Waals surface area (Å²) in [5.74, 6) is -0.154. The maximum Gasteiger partial charge on any atom is 0.184 e. The van der Waals surface area contributed by atoms with Gasteiger partial charge in [-0.15, -0.1) is 0 Å². The van der Waals surface area contributed by atoms with E-state index in [2.05, 4.69) is 4.98 Å². The molecule has 0 aliphatic heterocycles. The molecule has 0 unspecified atom stereocenters. The van der Waals surface area contributed by atoms with Gasteiger partial charge in [-0.1, -0.05) is 59.6 Å². The monoisotopic (exact) mass is 381 g/mol. The molecule has 0 bridgehead atoms. The third-order valence-corrected chi connectivity index (χ3v) is 6.33. The zero-order valence-corrected chi connectivity index (χ0v) is 15.7. The van der Waals surface area contributed by atoms with E-state index in [9.17, 15) is 8.42 Å². The first-order valence-electron chi connectivity index (χ1n) is 8.20. The zero-order valence-electron chi connectivity index (χ0n) is 14.1. The van der Waals surface area contributed by atoms with Crippen molar-refractivity contribution >= 4 is 43.1 Å². The van der Waals surface area contributed by atoms with Gasteiger partial charge in [-0.05, 0) is 36.6 Å². The fourth-order valence-corrected chi connectivity index (χ4v) is 4.58. The van der Waals surface area contributed by atoms with E-state index in [0.29, 0.717) is 21.1 Å². The first-order chi connectivity index (χ1) is 12.4. The molecule has 1 aromatic heterocycles. The van der Waals surface area contributed by atoms with Crippen LogP contribution in [-0.2, 0) is 15.6 Å². The SMILES string of the molecule is Cc1ccc(S(=O)(=O)Cc2nc3cc(Cl)ccc3c3ccccc23)cc1. The molecule has 5 heteroatoms. The van der Waals surface area contributed by atoms with Gasteiger partial charge in [0, 0.05) is 15.8 Å². The first-order valence-corrected chi connectivity index (χ1v) is 10.2. The van der Waals surface area contributed by atoms with Crippen LogP contribution in [-0.4, -0.2) is 13.4 Å². The molecule has 3 aromatic carbocycles. The summed E-state index contributed by atoms with van der Waals surface area (Å²) in [5.41, 5.74) is 2.26. The first kappa shape index (κ1) is 17.0. The van der Waals surface area contributed by atoms with Gasteiger partial charge in [0.25, 0.3) is 0 Å². The Balaban J connectivity index is 1.91.